The molecule has 0 aromatic carbocycles. The van der Waals surface area contributed by atoms with Gasteiger partial charge in [-0.3, -0.25) is 0 Å². The zero-order valence-electron chi connectivity index (χ0n) is 5.02. The summed E-state index contributed by atoms with van der Waals surface area (Å²) >= 11 is 0.944. The third-order valence-electron chi connectivity index (χ3n) is 0. The molecule has 0 spiro atoms. The second kappa shape index (κ2) is 29.0. The van der Waals surface area contributed by atoms with Crippen molar-refractivity contribution < 1.29 is 22.2 Å². The number of halogens is 1. The van der Waals surface area contributed by atoms with Crippen LogP contribution in [-0.4, -0.2) is 21.2 Å². The van der Waals surface area contributed by atoms with Gasteiger partial charge in [0.05, 0.1) is 0 Å². The van der Waals surface area contributed by atoms with Crippen LogP contribution in [0, 0.1) is 0 Å². The van der Waals surface area contributed by atoms with Crippen molar-refractivity contribution in [2.24, 2.45) is 0 Å². The van der Waals surface area contributed by atoms with E-state index in [0.29, 0.717) is 0 Å². The van der Waals surface area contributed by atoms with Crippen LogP contribution in [0.1, 0.15) is 0 Å². The molecule has 0 fully saturated rings. The predicted molar refractivity (Wildman–Crippen MR) is 29.2 cm³/mol. The summed E-state index contributed by atoms with van der Waals surface area (Å²) in [6.45, 7) is 0. The summed E-state index contributed by atoms with van der Waals surface area (Å²) in [6, 6.07) is 0. The molecule has 0 aliphatic carbocycles. The fourth-order valence-electron chi connectivity index (χ4n) is 0. The first-order chi connectivity index (χ1) is 2.83. The third-order valence-corrected chi connectivity index (χ3v) is 0. The van der Waals surface area contributed by atoms with Crippen LogP contribution in [0.15, 0.2) is 0 Å². The number of rotatable bonds is 0. The topological polar surface area (TPSA) is 21.3 Å². The molecule has 4 heteroatoms. The van der Waals surface area contributed by atoms with Crippen molar-refractivity contribution in [2.75, 3.05) is 21.2 Å². The first-order valence-electron chi connectivity index (χ1n) is 1.70. The molecule has 0 rings (SSSR count). The quantitative estimate of drug-likeness (QED) is 0.540. The standard InChI is InChI=1S/C2H7N.CH3O.ClH.Zn/c1-3-2;1-2;;/h3H,1-2H3;1H3;1H;/q;-1;;+1. The molecule has 43 valence electrons. The van der Waals surface area contributed by atoms with E-state index in [9.17, 15) is 0 Å². The van der Waals surface area contributed by atoms with E-state index >= 15 is 0 Å². The molecule has 0 atom stereocenters. The molecule has 0 saturated carbocycles. The van der Waals surface area contributed by atoms with Crippen molar-refractivity contribution >= 4 is 12.4 Å². The van der Waals surface area contributed by atoms with Gasteiger partial charge in [0.25, 0.3) is 0 Å². The Morgan fingerprint density at radius 3 is 1.43 bits per heavy atom. The van der Waals surface area contributed by atoms with Gasteiger partial charge in [-0.2, -0.15) is 0 Å². The zero-order valence-corrected chi connectivity index (χ0v) is 8.81. The maximum Gasteiger partial charge on any atom is -0.147 e. The molecule has 0 radical (unpaired) electrons. The van der Waals surface area contributed by atoms with Gasteiger partial charge in [0, 0.05) is 0 Å². The van der Waals surface area contributed by atoms with Crippen LogP contribution in [0.25, 0.3) is 0 Å². The molecule has 0 unspecified atom stereocenters. The van der Waals surface area contributed by atoms with E-state index in [4.69, 9.17) is 0 Å². The molecule has 7 heavy (non-hydrogen) atoms. The van der Waals surface area contributed by atoms with Crippen LogP contribution in [-0.2, 0) is 22.2 Å². The molecule has 0 bridgehead atoms. The minimum absolute atomic E-state index is 0. The maximum atomic E-state index is 4.38. The first kappa shape index (κ1) is 15.7. The smallest absolute Gasteiger partial charge is 0.147 e. The van der Waals surface area contributed by atoms with Gasteiger partial charge in [-0.25, -0.2) is 0 Å². The normalized spacial score (nSPS) is 5.29. The van der Waals surface area contributed by atoms with Crippen molar-refractivity contribution in [1.29, 1.82) is 0 Å². The van der Waals surface area contributed by atoms with Gasteiger partial charge < -0.3 is 5.32 Å². The SMILES string of the molecule is CNC.C[O][Zn].Cl. The number of nitrogens with one attached hydrogen (secondary N) is 1. The van der Waals surface area contributed by atoms with E-state index in [1.165, 1.54) is 0 Å². The van der Waals surface area contributed by atoms with Crippen LogP contribution in [0.3, 0.4) is 0 Å². The summed E-state index contributed by atoms with van der Waals surface area (Å²) in [5, 5.41) is 2.75. The summed E-state index contributed by atoms with van der Waals surface area (Å²) in [7, 11) is 5.43. The molecule has 0 saturated heterocycles. The molecule has 0 heterocycles. The summed E-state index contributed by atoms with van der Waals surface area (Å²) in [6.07, 6.45) is 0. The van der Waals surface area contributed by atoms with Crippen LogP contribution in [0.4, 0.5) is 0 Å². The van der Waals surface area contributed by atoms with Gasteiger partial charge >= 0.3 is 29.3 Å². The molecule has 0 aromatic rings. The Morgan fingerprint density at radius 1 is 1.43 bits per heavy atom. The second-order valence-electron chi connectivity index (χ2n) is 0.789. The average molecular weight is 178 g/mol. The number of hydrogen-bond acceptors (Lipinski definition) is 2. The van der Waals surface area contributed by atoms with Crippen LogP contribution >= 0.6 is 12.4 Å². The Balaban J connectivity index is -0.0000000400. The average Bonchev–Trinajstić information content (AvgIpc) is 1.39. The Kier molecular flexibility index (Phi) is 64.8. The van der Waals surface area contributed by atoms with Gasteiger partial charge in [0.1, 0.15) is 0 Å². The minimum Gasteiger partial charge on any atom is -0.147 e. The summed E-state index contributed by atoms with van der Waals surface area (Å²) in [5.74, 6) is 0. The monoisotopic (exact) mass is 176 g/mol. The first-order valence-corrected chi connectivity index (χ1v) is 2.91. The van der Waals surface area contributed by atoms with E-state index in [1.54, 1.807) is 7.11 Å². The van der Waals surface area contributed by atoms with Crippen molar-refractivity contribution in [2.45, 2.75) is 0 Å². The van der Waals surface area contributed by atoms with E-state index in [0.717, 1.165) is 18.7 Å². The Labute approximate surface area is 61.5 Å². The molecule has 0 aliphatic rings. The Morgan fingerprint density at radius 2 is 1.43 bits per heavy atom. The second-order valence-corrected chi connectivity index (χ2v) is 2.00. The van der Waals surface area contributed by atoms with Crippen LogP contribution in [0.5, 0.6) is 0 Å². The summed E-state index contributed by atoms with van der Waals surface area (Å²) in [5.41, 5.74) is 0. The Hall–Kier alpha value is 0.833. The fraction of sp³-hybridized carbons (Fsp3) is 1.00. The van der Waals surface area contributed by atoms with Gasteiger partial charge in [-0.15, -0.1) is 12.4 Å². The van der Waals surface area contributed by atoms with Crippen molar-refractivity contribution in [1.82, 2.24) is 5.32 Å². The molecular weight excluding hydrogens is 167 g/mol. The minimum atomic E-state index is 0. The largest absolute Gasteiger partial charge is 0.147 e. The summed E-state index contributed by atoms with van der Waals surface area (Å²) < 4.78 is 4.38. The van der Waals surface area contributed by atoms with Gasteiger partial charge in [0.2, 0.25) is 0 Å². The fourth-order valence-corrected chi connectivity index (χ4v) is 0. The van der Waals surface area contributed by atoms with Crippen LogP contribution in [0.2, 0.25) is 0 Å². The van der Waals surface area contributed by atoms with Crippen molar-refractivity contribution in [3.8, 4) is 0 Å². The molecule has 1 N–H and O–H groups in total. The van der Waals surface area contributed by atoms with Crippen LogP contribution < -0.4 is 5.32 Å². The molecule has 0 aromatic heterocycles. The molecule has 0 amide bonds. The number of hydrogen-bond donors (Lipinski definition) is 1. The van der Waals surface area contributed by atoms with Crippen molar-refractivity contribution in [3.63, 3.8) is 0 Å². The molecule has 0 aliphatic heterocycles. The zero-order chi connectivity index (χ0) is 5.41. The van der Waals surface area contributed by atoms with E-state index in [-0.39, 0.29) is 12.4 Å². The van der Waals surface area contributed by atoms with E-state index < -0.39 is 0 Å². The predicted octanol–water partition coefficient (Wildman–Crippen LogP) is 0.352. The maximum absolute atomic E-state index is 4.38. The molecule has 2 nitrogen and oxygen atoms in total. The van der Waals surface area contributed by atoms with Gasteiger partial charge in [-0.1, -0.05) is 0 Å². The Bertz CT molecular complexity index is 16.9. The van der Waals surface area contributed by atoms with Gasteiger partial charge in [0.15, 0.2) is 0 Å². The van der Waals surface area contributed by atoms with Crippen molar-refractivity contribution in [3.05, 3.63) is 0 Å². The van der Waals surface area contributed by atoms with E-state index in [1.807, 2.05) is 14.1 Å². The summed E-state index contributed by atoms with van der Waals surface area (Å²) in [4.78, 5) is 0. The van der Waals surface area contributed by atoms with E-state index in [2.05, 4.69) is 8.88 Å². The van der Waals surface area contributed by atoms with Gasteiger partial charge in [-0.05, 0) is 14.1 Å². The third kappa shape index (κ3) is 230. The molecular formula is C3H11ClNOZn.